The van der Waals surface area contributed by atoms with E-state index in [0.717, 1.165) is 11.1 Å². The average Bonchev–Trinajstić information content (AvgIpc) is 3.02. The van der Waals surface area contributed by atoms with E-state index in [2.05, 4.69) is 10.1 Å². The van der Waals surface area contributed by atoms with Crippen molar-refractivity contribution in [3.05, 3.63) is 44.3 Å². The SMILES string of the molecule is COC(=O)/C=C1/c2cscc2[N]C(=O)c2cscc21. The van der Waals surface area contributed by atoms with Gasteiger partial charge >= 0.3 is 5.97 Å². The van der Waals surface area contributed by atoms with Crippen LogP contribution in [0, 0.1) is 0 Å². The Morgan fingerprint density at radius 1 is 1.16 bits per heavy atom. The fourth-order valence-corrected chi connectivity index (χ4v) is 3.48. The summed E-state index contributed by atoms with van der Waals surface area (Å²) >= 11 is 2.86. The van der Waals surface area contributed by atoms with Gasteiger partial charge in [-0.3, -0.25) is 4.79 Å². The topological polar surface area (TPSA) is 57.5 Å². The van der Waals surface area contributed by atoms with Crippen molar-refractivity contribution in [3.8, 4) is 0 Å². The van der Waals surface area contributed by atoms with Gasteiger partial charge in [-0.15, -0.1) is 11.3 Å². The van der Waals surface area contributed by atoms with Crippen molar-refractivity contribution in [2.75, 3.05) is 7.11 Å². The number of hydrogen-bond acceptors (Lipinski definition) is 5. The summed E-state index contributed by atoms with van der Waals surface area (Å²) in [5.41, 5.74) is 3.35. The third kappa shape index (κ3) is 1.98. The predicted octanol–water partition coefficient (Wildman–Crippen LogP) is 2.80. The van der Waals surface area contributed by atoms with Crippen LogP contribution in [0.4, 0.5) is 5.69 Å². The minimum atomic E-state index is -0.446. The number of hydrogen-bond donors (Lipinski definition) is 0. The Hall–Kier alpha value is -1.92. The fraction of sp³-hybridized carbons (Fsp3) is 0.0769. The Bertz CT molecular complexity index is 696. The first-order valence-electron chi connectivity index (χ1n) is 5.39. The molecule has 0 aliphatic carbocycles. The molecule has 3 rings (SSSR count). The van der Waals surface area contributed by atoms with Gasteiger partial charge in [0.2, 0.25) is 0 Å². The number of amides is 1. The van der Waals surface area contributed by atoms with Gasteiger partial charge in [-0.25, -0.2) is 10.1 Å². The molecule has 4 nitrogen and oxygen atoms in total. The summed E-state index contributed by atoms with van der Waals surface area (Å²) in [5.74, 6) is -0.720. The van der Waals surface area contributed by atoms with Gasteiger partial charge in [0.25, 0.3) is 5.91 Å². The lowest BCUT2D eigenvalue weighted by molar-refractivity contribution is -0.134. The predicted molar refractivity (Wildman–Crippen MR) is 73.9 cm³/mol. The van der Waals surface area contributed by atoms with Crippen LogP contribution < -0.4 is 5.32 Å². The molecule has 0 fully saturated rings. The lowest BCUT2D eigenvalue weighted by Gasteiger charge is -2.03. The molecule has 3 heterocycles. The number of esters is 1. The van der Waals surface area contributed by atoms with E-state index in [9.17, 15) is 9.59 Å². The smallest absolute Gasteiger partial charge is 0.331 e. The zero-order valence-electron chi connectivity index (χ0n) is 9.88. The van der Waals surface area contributed by atoms with Crippen LogP contribution in [0.5, 0.6) is 0 Å². The zero-order chi connectivity index (χ0) is 13.4. The van der Waals surface area contributed by atoms with Crippen molar-refractivity contribution >= 4 is 45.8 Å². The zero-order valence-corrected chi connectivity index (χ0v) is 11.5. The molecule has 19 heavy (non-hydrogen) atoms. The number of carbonyl (C=O) groups excluding carboxylic acids is 2. The van der Waals surface area contributed by atoms with Gasteiger partial charge in [0.05, 0.1) is 18.4 Å². The van der Waals surface area contributed by atoms with E-state index in [4.69, 9.17) is 0 Å². The van der Waals surface area contributed by atoms with Crippen molar-refractivity contribution in [1.82, 2.24) is 5.32 Å². The molecule has 0 unspecified atom stereocenters. The monoisotopic (exact) mass is 290 g/mol. The Balaban J connectivity index is 2.25. The third-order valence-corrected chi connectivity index (χ3v) is 4.27. The van der Waals surface area contributed by atoms with Gasteiger partial charge < -0.3 is 4.74 Å². The normalized spacial score (nSPS) is 15.4. The molecule has 6 heteroatoms. The first-order valence-corrected chi connectivity index (χ1v) is 7.28. The molecule has 2 aromatic rings. The number of ether oxygens (including phenoxy) is 1. The van der Waals surface area contributed by atoms with Crippen LogP contribution in [0.2, 0.25) is 0 Å². The van der Waals surface area contributed by atoms with Crippen LogP contribution in [-0.4, -0.2) is 19.0 Å². The highest BCUT2D eigenvalue weighted by Gasteiger charge is 2.26. The summed E-state index contributed by atoms with van der Waals surface area (Å²) < 4.78 is 4.68. The summed E-state index contributed by atoms with van der Waals surface area (Å²) in [6.07, 6.45) is 1.41. The van der Waals surface area contributed by atoms with E-state index in [1.807, 2.05) is 10.8 Å². The maximum atomic E-state index is 12.0. The van der Waals surface area contributed by atoms with Crippen LogP contribution in [-0.2, 0) is 9.53 Å². The number of nitrogens with zero attached hydrogens (tertiary/aromatic N) is 1. The minimum Gasteiger partial charge on any atom is -0.466 e. The minimum absolute atomic E-state index is 0.274. The molecule has 0 bridgehead atoms. The summed E-state index contributed by atoms with van der Waals surface area (Å²) in [7, 11) is 1.33. The van der Waals surface area contributed by atoms with E-state index in [-0.39, 0.29) is 5.91 Å². The Morgan fingerprint density at radius 3 is 2.63 bits per heavy atom. The third-order valence-electron chi connectivity index (χ3n) is 2.80. The molecule has 1 aliphatic heterocycles. The highest BCUT2D eigenvalue weighted by molar-refractivity contribution is 7.09. The van der Waals surface area contributed by atoms with Crippen molar-refractivity contribution in [2.45, 2.75) is 0 Å². The lowest BCUT2D eigenvalue weighted by Crippen LogP contribution is -2.08. The van der Waals surface area contributed by atoms with Gasteiger partial charge in [0, 0.05) is 38.9 Å². The Labute approximate surface area is 117 Å². The van der Waals surface area contributed by atoms with Crippen LogP contribution >= 0.6 is 22.7 Å². The first kappa shape index (κ1) is 12.1. The molecule has 0 saturated carbocycles. The summed E-state index contributed by atoms with van der Waals surface area (Å²) in [6, 6.07) is 0. The summed E-state index contributed by atoms with van der Waals surface area (Å²) in [5, 5.41) is 11.4. The summed E-state index contributed by atoms with van der Waals surface area (Å²) in [4.78, 5) is 23.6. The van der Waals surface area contributed by atoms with Gasteiger partial charge in [-0.05, 0) is 5.38 Å². The number of thiophene rings is 2. The first-order chi connectivity index (χ1) is 9.20. The molecule has 0 N–H and O–H groups in total. The second-order valence-corrected chi connectivity index (χ2v) is 5.36. The van der Waals surface area contributed by atoms with Crippen LogP contribution in [0.15, 0.2) is 27.6 Å². The molecular weight excluding hydrogens is 282 g/mol. The van der Waals surface area contributed by atoms with Gasteiger partial charge in [-0.1, -0.05) is 0 Å². The highest BCUT2D eigenvalue weighted by atomic mass is 32.1. The van der Waals surface area contributed by atoms with Crippen molar-refractivity contribution in [2.24, 2.45) is 0 Å². The van der Waals surface area contributed by atoms with Crippen molar-refractivity contribution in [1.29, 1.82) is 0 Å². The van der Waals surface area contributed by atoms with E-state index < -0.39 is 5.97 Å². The molecule has 95 valence electrons. The Kier molecular flexibility index (Phi) is 2.96. The van der Waals surface area contributed by atoms with Crippen LogP contribution in [0.25, 0.3) is 5.57 Å². The second kappa shape index (κ2) is 4.64. The standard InChI is InChI=1S/C13H8NO3S2/c1-17-12(15)2-7-8-3-18-5-10(8)13(16)14-11-6-19-4-9(7)11/h2-6H,1H3/b7-2+. The maximum Gasteiger partial charge on any atom is 0.331 e. The van der Waals surface area contributed by atoms with Gasteiger partial charge in [0.1, 0.15) is 0 Å². The van der Waals surface area contributed by atoms with Crippen LogP contribution in [0.3, 0.4) is 0 Å². The number of methoxy groups -OCH3 is 1. The van der Waals surface area contributed by atoms with Gasteiger partial charge in [-0.2, -0.15) is 11.3 Å². The Morgan fingerprint density at radius 2 is 1.84 bits per heavy atom. The number of fused-ring (bicyclic) bond motifs is 2. The highest BCUT2D eigenvalue weighted by Crippen LogP contribution is 2.38. The molecule has 0 atom stereocenters. The van der Waals surface area contributed by atoms with Gasteiger partial charge in [0.15, 0.2) is 0 Å². The van der Waals surface area contributed by atoms with Crippen LogP contribution in [0.1, 0.15) is 21.5 Å². The average molecular weight is 290 g/mol. The summed E-state index contributed by atoms with van der Waals surface area (Å²) in [6.45, 7) is 0. The fourth-order valence-electron chi connectivity index (χ4n) is 1.90. The van der Waals surface area contributed by atoms with E-state index in [0.29, 0.717) is 16.8 Å². The molecule has 2 aromatic heterocycles. The van der Waals surface area contributed by atoms with E-state index in [1.165, 1.54) is 35.9 Å². The molecule has 1 radical (unpaired) electrons. The van der Waals surface area contributed by atoms with Crippen molar-refractivity contribution in [3.63, 3.8) is 0 Å². The maximum absolute atomic E-state index is 12.0. The number of carbonyl (C=O) groups is 2. The lowest BCUT2D eigenvalue weighted by atomic mass is 9.99. The second-order valence-electron chi connectivity index (χ2n) is 3.87. The molecule has 0 aromatic carbocycles. The molecule has 0 spiro atoms. The molecule has 1 aliphatic rings. The number of rotatable bonds is 1. The molecular formula is C13H8NO3S2. The van der Waals surface area contributed by atoms with Crippen molar-refractivity contribution < 1.29 is 14.3 Å². The van der Waals surface area contributed by atoms with E-state index >= 15 is 0 Å². The quantitative estimate of drug-likeness (QED) is 0.599. The van der Waals surface area contributed by atoms with E-state index in [1.54, 1.807) is 10.8 Å². The largest absolute Gasteiger partial charge is 0.466 e. The molecule has 0 saturated heterocycles. The molecule has 1 amide bonds.